The first-order chi connectivity index (χ1) is 16.6. The molecule has 4 rings (SSSR count). The third-order valence-corrected chi connectivity index (χ3v) is 6.05. The molecule has 0 saturated carbocycles. The molecular weight excluding hydrogens is 452 g/mol. The van der Waals surface area contributed by atoms with Crippen LogP contribution in [0, 0.1) is 6.92 Å². The molecule has 34 heavy (non-hydrogen) atoms. The highest BCUT2D eigenvalue weighted by Gasteiger charge is 2.15. The van der Waals surface area contributed by atoms with Crippen molar-refractivity contribution in [2.75, 3.05) is 13.2 Å². The van der Waals surface area contributed by atoms with Gasteiger partial charge in [0.25, 0.3) is 0 Å². The van der Waals surface area contributed by atoms with Gasteiger partial charge in [-0.15, -0.1) is 11.3 Å². The van der Waals surface area contributed by atoms with Crippen LogP contribution in [-0.4, -0.2) is 44.4 Å². The van der Waals surface area contributed by atoms with Crippen molar-refractivity contribution in [1.29, 1.82) is 0 Å². The number of aryl methyl sites for hydroxylation is 1. The maximum atomic E-state index is 8.69. The van der Waals surface area contributed by atoms with Gasteiger partial charge in [0.1, 0.15) is 17.8 Å². The first kappa shape index (κ1) is 23.2. The van der Waals surface area contributed by atoms with Gasteiger partial charge in [-0.25, -0.2) is 9.97 Å². The van der Waals surface area contributed by atoms with E-state index in [4.69, 9.17) is 20.4 Å². The van der Waals surface area contributed by atoms with Crippen molar-refractivity contribution in [3.05, 3.63) is 65.4 Å². The Morgan fingerprint density at radius 1 is 1.00 bits per heavy atom. The number of amidine groups is 1. The number of aromatic nitrogens is 4. The fourth-order valence-electron chi connectivity index (χ4n) is 3.35. The van der Waals surface area contributed by atoms with Gasteiger partial charge in [0, 0.05) is 11.1 Å². The van der Waals surface area contributed by atoms with E-state index >= 15 is 0 Å². The molecule has 2 aromatic heterocycles. The quantitative estimate of drug-likeness (QED) is 0.0941. The van der Waals surface area contributed by atoms with E-state index in [0.717, 1.165) is 57.7 Å². The second-order valence-electron chi connectivity index (χ2n) is 7.54. The van der Waals surface area contributed by atoms with Crippen LogP contribution in [0.3, 0.4) is 0 Å². The van der Waals surface area contributed by atoms with Gasteiger partial charge in [-0.3, -0.25) is 5.10 Å². The zero-order chi connectivity index (χ0) is 23.8. The fourth-order valence-corrected chi connectivity index (χ4v) is 4.24. The number of oxime groups is 1. The number of rotatable bonds is 11. The summed E-state index contributed by atoms with van der Waals surface area (Å²) in [7, 11) is 0. The highest BCUT2D eigenvalue weighted by molar-refractivity contribution is 7.15. The molecule has 10 heteroatoms. The molecule has 0 aliphatic carbocycles. The molecular formula is C24H26N6O3S. The van der Waals surface area contributed by atoms with Gasteiger partial charge < -0.3 is 20.4 Å². The van der Waals surface area contributed by atoms with E-state index in [1.54, 1.807) is 23.5 Å². The number of unbranched alkanes of at least 4 members (excludes halogenated alkanes) is 2. The summed E-state index contributed by atoms with van der Waals surface area (Å²) in [6.45, 7) is 3.25. The number of nitrogens with one attached hydrogen (secondary N) is 1. The number of H-pyrrole nitrogens is 1. The molecule has 0 spiro atoms. The Balaban J connectivity index is 1.18. The molecule has 2 heterocycles. The van der Waals surface area contributed by atoms with Crippen LogP contribution in [-0.2, 0) is 0 Å². The van der Waals surface area contributed by atoms with Gasteiger partial charge in [-0.1, -0.05) is 5.16 Å². The minimum Gasteiger partial charge on any atom is -0.494 e. The number of thiazole rings is 1. The predicted octanol–water partition coefficient (Wildman–Crippen LogP) is 4.63. The first-order valence-corrected chi connectivity index (χ1v) is 11.7. The molecule has 176 valence electrons. The summed E-state index contributed by atoms with van der Waals surface area (Å²) in [6.07, 6.45) is 4.37. The Morgan fingerprint density at radius 2 is 1.65 bits per heavy atom. The maximum absolute atomic E-state index is 8.69. The standard InChI is InChI=1S/C24H26N6O3S/c1-16-28-21(22(34-16)24-26-15-27-29-24)17-5-9-19(10-6-17)32-13-3-2-4-14-33-20-11-7-18(8-12-20)23(25)30-31/h5-12,15,31H,2-4,13-14H2,1H3,(H2,25,30)(H,26,27,29). The van der Waals surface area contributed by atoms with Crippen molar-refractivity contribution >= 4 is 17.2 Å². The smallest absolute Gasteiger partial charge is 0.170 e. The van der Waals surface area contributed by atoms with Crippen LogP contribution >= 0.6 is 11.3 Å². The van der Waals surface area contributed by atoms with Crippen LogP contribution in [0.5, 0.6) is 11.5 Å². The number of hydrogen-bond acceptors (Lipinski definition) is 8. The highest BCUT2D eigenvalue weighted by atomic mass is 32.1. The number of benzene rings is 2. The summed E-state index contributed by atoms with van der Waals surface area (Å²) in [5.74, 6) is 2.39. The van der Waals surface area contributed by atoms with Gasteiger partial charge in [0.2, 0.25) is 0 Å². The Morgan fingerprint density at radius 3 is 2.24 bits per heavy atom. The Kier molecular flexibility index (Phi) is 7.71. The summed E-state index contributed by atoms with van der Waals surface area (Å²) in [6, 6.07) is 15.1. The lowest BCUT2D eigenvalue weighted by atomic mass is 10.1. The fraction of sp³-hybridized carbons (Fsp3) is 0.250. The topological polar surface area (TPSA) is 132 Å². The zero-order valence-corrected chi connectivity index (χ0v) is 19.6. The molecule has 9 nitrogen and oxygen atoms in total. The van der Waals surface area contributed by atoms with Crippen LogP contribution < -0.4 is 15.2 Å². The molecule has 0 atom stereocenters. The maximum Gasteiger partial charge on any atom is 0.170 e. The zero-order valence-electron chi connectivity index (χ0n) is 18.8. The van der Waals surface area contributed by atoms with Crippen molar-refractivity contribution in [2.24, 2.45) is 10.9 Å². The summed E-state index contributed by atoms with van der Waals surface area (Å²) in [5, 5.41) is 19.5. The average molecular weight is 479 g/mol. The van der Waals surface area contributed by atoms with Gasteiger partial charge in [-0.05, 0) is 74.7 Å². The largest absolute Gasteiger partial charge is 0.494 e. The van der Waals surface area contributed by atoms with Crippen LogP contribution in [0.15, 0.2) is 60.0 Å². The molecule has 0 aliphatic heterocycles. The average Bonchev–Trinajstić information content (AvgIpc) is 3.53. The van der Waals surface area contributed by atoms with E-state index in [1.807, 2.05) is 43.3 Å². The third-order valence-electron chi connectivity index (χ3n) is 5.08. The van der Waals surface area contributed by atoms with Crippen LogP contribution in [0.4, 0.5) is 0 Å². The first-order valence-electron chi connectivity index (χ1n) is 10.9. The Labute approximate surface area is 201 Å². The molecule has 4 N–H and O–H groups in total. The summed E-state index contributed by atoms with van der Waals surface area (Å²) in [5.41, 5.74) is 8.11. The number of aromatic amines is 1. The molecule has 0 amide bonds. The molecule has 0 unspecified atom stereocenters. The summed E-state index contributed by atoms with van der Waals surface area (Å²) in [4.78, 5) is 9.90. The molecule has 0 saturated heterocycles. The van der Waals surface area contributed by atoms with Gasteiger partial charge >= 0.3 is 0 Å². The lowest BCUT2D eigenvalue weighted by Gasteiger charge is -2.08. The van der Waals surface area contributed by atoms with E-state index in [2.05, 4.69) is 25.3 Å². The van der Waals surface area contributed by atoms with Gasteiger partial charge in [-0.2, -0.15) is 5.10 Å². The third kappa shape index (κ3) is 5.90. The number of nitrogens with zero attached hydrogens (tertiary/aromatic N) is 4. The second kappa shape index (κ2) is 11.3. The van der Waals surface area contributed by atoms with Gasteiger partial charge in [0.15, 0.2) is 11.7 Å². The van der Waals surface area contributed by atoms with Crippen LogP contribution in [0.1, 0.15) is 29.8 Å². The SMILES string of the molecule is Cc1nc(-c2ccc(OCCCCCOc3ccc(C(N)=NO)cc3)cc2)c(-c2ncn[nH]2)s1. The van der Waals surface area contributed by atoms with E-state index < -0.39 is 0 Å². The monoisotopic (exact) mass is 478 g/mol. The minimum atomic E-state index is 0.0793. The van der Waals surface area contributed by atoms with Crippen LogP contribution in [0.25, 0.3) is 22.0 Å². The number of hydrogen-bond donors (Lipinski definition) is 3. The molecule has 0 fully saturated rings. The van der Waals surface area contributed by atoms with Crippen molar-refractivity contribution in [1.82, 2.24) is 20.2 Å². The molecule has 0 aliphatic rings. The van der Waals surface area contributed by atoms with Crippen molar-refractivity contribution < 1.29 is 14.7 Å². The van der Waals surface area contributed by atoms with Crippen LogP contribution in [0.2, 0.25) is 0 Å². The van der Waals surface area contributed by atoms with E-state index in [9.17, 15) is 0 Å². The minimum absolute atomic E-state index is 0.0793. The lowest BCUT2D eigenvalue weighted by molar-refractivity contribution is 0.279. The predicted molar refractivity (Wildman–Crippen MR) is 131 cm³/mol. The van der Waals surface area contributed by atoms with E-state index in [-0.39, 0.29) is 5.84 Å². The highest BCUT2D eigenvalue weighted by Crippen LogP contribution is 2.35. The Bertz CT molecular complexity index is 1200. The number of ether oxygens (including phenoxy) is 2. The van der Waals surface area contributed by atoms with Crippen molar-refractivity contribution in [3.63, 3.8) is 0 Å². The normalized spacial score (nSPS) is 11.5. The van der Waals surface area contributed by atoms with Crippen molar-refractivity contribution in [2.45, 2.75) is 26.2 Å². The Hall–Kier alpha value is -3.92. The molecule has 2 aromatic carbocycles. The number of nitrogens with two attached hydrogens (primary N) is 1. The molecule has 4 aromatic rings. The summed E-state index contributed by atoms with van der Waals surface area (Å²) < 4.78 is 11.6. The van der Waals surface area contributed by atoms with Crippen molar-refractivity contribution in [3.8, 4) is 33.5 Å². The molecule has 0 radical (unpaired) electrons. The molecule has 0 bridgehead atoms. The summed E-state index contributed by atoms with van der Waals surface area (Å²) >= 11 is 1.59. The lowest BCUT2D eigenvalue weighted by Crippen LogP contribution is -2.12. The van der Waals surface area contributed by atoms with E-state index in [0.29, 0.717) is 18.8 Å². The van der Waals surface area contributed by atoms with E-state index in [1.165, 1.54) is 6.33 Å². The second-order valence-corrected chi connectivity index (χ2v) is 8.74. The van der Waals surface area contributed by atoms with Gasteiger partial charge in [0.05, 0.1) is 28.8 Å².